The number of hydrogen-bond donors (Lipinski definition) is 2. The molecule has 0 aliphatic rings. The van der Waals surface area contributed by atoms with Gasteiger partial charge in [-0.2, -0.15) is 0 Å². The molecule has 0 fully saturated rings. The summed E-state index contributed by atoms with van der Waals surface area (Å²) in [5, 5.41) is 11.7. The predicted molar refractivity (Wildman–Crippen MR) is 43.5 cm³/mol. The standard InChI is InChI=1S/C6H8N2O3.ClH/c7-2-1-4-3-5(6(9)10)8-11-4;/h3H,1-2,7H2,(H,9,10);1H. The van der Waals surface area contributed by atoms with Crippen molar-refractivity contribution in [2.75, 3.05) is 6.54 Å². The normalized spacial score (nSPS) is 9.08. The molecule has 0 amide bonds. The van der Waals surface area contributed by atoms with Crippen molar-refractivity contribution in [1.29, 1.82) is 0 Å². The van der Waals surface area contributed by atoms with E-state index in [0.717, 1.165) is 0 Å². The van der Waals surface area contributed by atoms with E-state index in [2.05, 4.69) is 9.68 Å². The number of rotatable bonds is 3. The van der Waals surface area contributed by atoms with E-state index in [0.29, 0.717) is 18.7 Å². The number of aromatic carboxylic acids is 1. The maximum atomic E-state index is 10.3. The van der Waals surface area contributed by atoms with Gasteiger partial charge in [-0.3, -0.25) is 0 Å². The summed E-state index contributed by atoms with van der Waals surface area (Å²) in [6, 6.07) is 1.37. The molecule has 1 aromatic heterocycles. The van der Waals surface area contributed by atoms with Crippen molar-refractivity contribution in [2.24, 2.45) is 5.73 Å². The maximum absolute atomic E-state index is 10.3. The lowest BCUT2D eigenvalue weighted by atomic mass is 10.3. The zero-order valence-corrected chi connectivity index (χ0v) is 7.00. The third-order valence-corrected chi connectivity index (χ3v) is 1.17. The first-order chi connectivity index (χ1) is 5.24. The molecule has 12 heavy (non-hydrogen) atoms. The second-order valence-electron chi connectivity index (χ2n) is 2.02. The minimum Gasteiger partial charge on any atom is -0.476 e. The summed E-state index contributed by atoms with van der Waals surface area (Å²) < 4.78 is 4.66. The highest BCUT2D eigenvalue weighted by atomic mass is 35.5. The Labute approximate surface area is 74.9 Å². The topological polar surface area (TPSA) is 89.4 Å². The summed E-state index contributed by atoms with van der Waals surface area (Å²) in [6.07, 6.45) is 0.514. The second kappa shape index (κ2) is 4.74. The van der Waals surface area contributed by atoms with Gasteiger partial charge in [-0.1, -0.05) is 5.16 Å². The van der Waals surface area contributed by atoms with E-state index >= 15 is 0 Å². The molecule has 0 aliphatic heterocycles. The molecule has 0 bridgehead atoms. The maximum Gasteiger partial charge on any atom is 0.358 e. The minimum absolute atomic E-state index is 0. The highest BCUT2D eigenvalue weighted by Crippen LogP contribution is 2.02. The lowest BCUT2D eigenvalue weighted by Gasteiger charge is -1.84. The molecule has 0 unspecified atom stereocenters. The van der Waals surface area contributed by atoms with E-state index in [9.17, 15) is 4.79 Å². The Kier molecular flexibility index (Phi) is 4.31. The third-order valence-electron chi connectivity index (χ3n) is 1.17. The first-order valence-corrected chi connectivity index (χ1v) is 3.13. The number of nitrogens with two attached hydrogens (primary N) is 1. The van der Waals surface area contributed by atoms with Crippen LogP contribution in [0.4, 0.5) is 0 Å². The zero-order chi connectivity index (χ0) is 8.27. The van der Waals surface area contributed by atoms with Gasteiger partial charge in [-0.05, 0) is 6.54 Å². The van der Waals surface area contributed by atoms with Gasteiger partial charge in [0.1, 0.15) is 5.76 Å². The van der Waals surface area contributed by atoms with Crippen LogP contribution in [-0.2, 0) is 6.42 Å². The molecule has 0 atom stereocenters. The van der Waals surface area contributed by atoms with Crippen LogP contribution >= 0.6 is 12.4 Å². The van der Waals surface area contributed by atoms with Gasteiger partial charge in [0.2, 0.25) is 0 Å². The van der Waals surface area contributed by atoms with Crippen LogP contribution in [-0.4, -0.2) is 22.8 Å². The summed E-state index contributed by atoms with van der Waals surface area (Å²) in [6.45, 7) is 0.425. The summed E-state index contributed by atoms with van der Waals surface area (Å²) in [4.78, 5) is 10.3. The molecule has 0 saturated heterocycles. The number of halogens is 1. The summed E-state index contributed by atoms with van der Waals surface area (Å²) in [5.41, 5.74) is 5.14. The van der Waals surface area contributed by atoms with Crippen molar-refractivity contribution >= 4 is 18.4 Å². The number of nitrogens with zero attached hydrogens (tertiary/aromatic N) is 1. The Balaban J connectivity index is 0.00000121. The molecule has 68 valence electrons. The van der Waals surface area contributed by atoms with Crippen LogP contribution < -0.4 is 5.73 Å². The first kappa shape index (κ1) is 10.9. The molecule has 1 aromatic rings. The average Bonchev–Trinajstić information content (AvgIpc) is 2.37. The van der Waals surface area contributed by atoms with Crippen molar-refractivity contribution in [2.45, 2.75) is 6.42 Å². The highest BCUT2D eigenvalue weighted by Gasteiger charge is 2.09. The smallest absolute Gasteiger partial charge is 0.358 e. The fourth-order valence-corrected chi connectivity index (χ4v) is 0.674. The number of carboxylic acids is 1. The van der Waals surface area contributed by atoms with Gasteiger partial charge in [-0.15, -0.1) is 12.4 Å². The Hall–Kier alpha value is -1.07. The van der Waals surface area contributed by atoms with E-state index in [-0.39, 0.29) is 18.1 Å². The van der Waals surface area contributed by atoms with Crippen molar-refractivity contribution < 1.29 is 14.4 Å². The van der Waals surface area contributed by atoms with Crippen LogP contribution in [0.2, 0.25) is 0 Å². The van der Waals surface area contributed by atoms with E-state index in [1.54, 1.807) is 0 Å². The van der Waals surface area contributed by atoms with E-state index in [1.807, 2.05) is 0 Å². The lowest BCUT2D eigenvalue weighted by Crippen LogP contribution is -2.01. The van der Waals surface area contributed by atoms with Gasteiger partial charge in [0.15, 0.2) is 5.69 Å². The molecular weight excluding hydrogens is 184 g/mol. The molecule has 3 N–H and O–H groups in total. The Morgan fingerprint density at radius 3 is 2.83 bits per heavy atom. The van der Waals surface area contributed by atoms with Crippen LogP contribution in [0.1, 0.15) is 16.2 Å². The van der Waals surface area contributed by atoms with Crippen molar-refractivity contribution in [3.63, 3.8) is 0 Å². The van der Waals surface area contributed by atoms with Crippen LogP contribution in [0.5, 0.6) is 0 Å². The van der Waals surface area contributed by atoms with Crippen LogP contribution in [0.25, 0.3) is 0 Å². The molecular formula is C6H9ClN2O3. The largest absolute Gasteiger partial charge is 0.476 e. The van der Waals surface area contributed by atoms with Crippen LogP contribution in [0, 0.1) is 0 Å². The number of hydrogen-bond acceptors (Lipinski definition) is 4. The molecule has 0 saturated carbocycles. The van der Waals surface area contributed by atoms with Crippen molar-refractivity contribution in [1.82, 2.24) is 5.16 Å². The monoisotopic (exact) mass is 192 g/mol. The zero-order valence-electron chi connectivity index (χ0n) is 6.19. The van der Waals surface area contributed by atoms with Crippen LogP contribution in [0.3, 0.4) is 0 Å². The minimum atomic E-state index is -1.09. The molecule has 1 rings (SSSR count). The van der Waals surface area contributed by atoms with Crippen molar-refractivity contribution in [3.8, 4) is 0 Å². The van der Waals surface area contributed by atoms with E-state index in [1.165, 1.54) is 6.07 Å². The van der Waals surface area contributed by atoms with Gasteiger partial charge < -0.3 is 15.4 Å². The molecule has 0 spiro atoms. The Bertz CT molecular complexity index is 261. The van der Waals surface area contributed by atoms with Gasteiger partial charge >= 0.3 is 5.97 Å². The third kappa shape index (κ3) is 2.52. The fraction of sp³-hybridized carbons (Fsp3) is 0.333. The number of aromatic nitrogens is 1. The molecule has 1 heterocycles. The first-order valence-electron chi connectivity index (χ1n) is 3.13. The second-order valence-corrected chi connectivity index (χ2v) is 2.02. The summed E-state index contributed by atoms with van der Waals surface area (Å²) in [5.74, 6) is -0.582. The Morgan fingerprint density at radius 1 is 1.75 bits per heavy atom. The van der Waals surface area contributed by atoms with Gasteiger partial charge in [0.25, 0.3) is 0 Å². The summed E-state index contributed by atoms with van der Waals surface area (Å²) in [7, 11) is 0. The van der Waals surface area contributed by atoms with Crippen LogP contribution in [0.15, 0.2) is 10.6 Å². The number of carbonyl (C=O) groups is 1. The quantitative estimate of drug-likeness (QED) is 0.719. The Morgan fingerprint density at radius 2 is 2.42 bits per heavy atom. The van der Waals surface area contributed by atoms with Gasteiger partial charge in [0, 0.05) is 12.5 Å². The molecule has 0 aliphatic carbocycles. The number of carboxylic acid groups (broad SMARTS) is 1. The summed E-state index contributed by atoms with van der Waals surface area (Å²) >= 11 is 0. The van der Waals surface area contributed by atoms with E-state index in [4.69, 9.17) is 10.8 Å². The lowest BCUT2D eigenvalue weighted by molar-refractivity contribution is 0.0685. The highest BCUT2D eigenvalue weighted by molar-refractivity contribution is 5.85. The van der Waals surface area contributed by atoms with Gasteiger partial charge in [-0.25, -0.2) is 4.79 Å². The molecule has 6 heteroatoms. The molecule has 5 nitrogen and oxygen atoms in total. The van der Waals surface area contributed by atoms with Crippen molar-refractivity contribution in [3.05, 3.63) is 17.5 Å². The van der Waals surface area contributed by atoms with E-state index < -0.39 is 5.97 Å². The van der Waals surface area contributed by atoms with Gasteiger partial charge in [0.05, 0.1) is 0 Å². The molecule has 0 aromatic carbocycles. The predicted octanol–water partition coefficient (Wildman–Crippen LogP) is 0.296. The SMILES string of the molecule is Cl.NCCc1cc(C(=O)O)no1. The fourth-order valence-electron chi connectivity index (χ4n) is 0.674. The molecule has 0 radical (unpaired) electrons. The average molecular weight is 193 g/mol.